The minimum Gasteiger partial charge on any atom is -0.497 e. The number of allylic oxidation sites excluding steroid dienone is 1. The van der Waals surface area contributed by atoms with Crippen molar-refractivity contribution in [1.82, 2.24) is 0 Å². The van der Waals surface area contributed by atoms with Gasteiger partial charge < -0.3 is 9.47 Å². The summed E-state index contributed by atoms with van der Waals surface area (Å²) in [6.07, 6.45) is 4.17. The van der Waals surface area contributed by atoms with Gasteiger partial charge in [-0.05, 0) is 13.8 Å². The maximum Gasteiger partial charge on any atom is 0.315 e. The third-order valence-corrected chi connectivity index (χ3v) is 2.19. The molecule has 0 saturated heterocycles. The van der Waals surface area contributed by atoms with Gasteiger partial charge in [0.05, 0.1) is 13.4 Å². The Kier molecular flexibility index (Phi) is 2.40. The Hall–Kier alpha value is -0.990. The summed E-state index contributed by atoms with van der Waals surface area (Å²) in [7, 11) is 1.40. The number of rotatable bonds is 3. The highest BCUT2D eigenvalue weighted by Crippen LogP contribution is 2.48. The molecule has 0 bridgehead atoms. The van der Waals surface area contributed by atoms with E-state index in [1.54, 1.807) is 12.3 Å². The average molecular weight is 170 g/mol. The van der Waals surface area contributed by atoms with E-state index in [0.717, 1.165) is 6.42 Å². The Labute approximate surface area is 72.4 Å². The van der Waals surface area contributed by atoms with E-state index in [1.807, 2.05) is 13.8 Å². The molecule has 0 aromatic rings. The van der Waals surface area contributed by atoms with Crippen molar-refractivity contribution in [3.63, 3.8) is 0 Å². The van der Waals surface area contributed by atoms with E-state index < -0.39 is 5.41 Å². The molecule has 0 aliphatic heterocycles. The molecule has 0 radical (unpaired) electrons. The smallest absolute Gasteiger partial charge is 0.315 e. The fraction of sp³-hybridized carbons (Fsp3) is 0.667. The second kappa shape index (κ2) is 3.17. The molecule has 1 rings (SSSR count). The van der Waals surface area contributed by atoms with Gasteiger partial charge in [0.25, 0.3) is 0 Å². The zero-order valence-corrected chi connectivity index (χ0v) is 7.66. The SMILES string of the molecule is C/C=C/O[C@H]1C[C@@]1(C)C(=O)OC. The lowest BCUT2D eigenvalue weighted by Gasteiger charge is -2.06. The Bertz CT molecular complexity index is 210. The lowest BCUT2D eigenvalue weighted by Crippen LogP contribution is -2.18. The second-order valence-electron chi connectivity index (χ2n) is 3.21. The Morgan fingerprint density at radius 1 is 1.67 bits per heavy atom. The fourth-order valence-electron chi connectivity index (χ4n) is 1.15. The van der Waals surface area contributed by atoms with Crippen molar-refractivity contribution in [2.75, 3.05) is 7.11 Å². The van der Waals surface area contributed by atoms with Crippen LogP contribution in [-0.2, 0) is 14.3 Å². The molecule has 68 valence electrons. The van der Waals surface area contributed by atoms with Crippen molar-refractivity contribution in [1.29, 1.82) is 0 Å². The molecule has 1 aliphatic rings. The summed E-state index contributed by atoms with van der Waals surface area (Å²) in [6, 6.07) is 0. The molecule has 0 aromatic carbocycles. The first kappa shape index (κ1) is 9.10. The lowest BCUT2D eigenvalue weighted by atomic mass is 10.1. The second-order valence-corrected chi connectivity index (χ2v) is 3.21. The van der Waals surface area contributed by atoms with E-state index in [2.05, 4.69) is 4.74 Å². The molecule has 1 aliphatic carbocycles. The minimum absolute atomic E-state index is 0.00106. The van der Waals surface area contributed by atoms with Crippen LogP contribution in [0.1, 0.15) is 20.3 Å². The minimum atomic E-state index is -0.408. The van der Waals surface area contributed by atoms with E-state index in [-0.39, 0.29) is 12.1 Å². The summed E-state index contributed by atoms with van der Waals surface area (Å²) in [4.78, 5) is 11.1. The summed E-state index contributed by atoms with van der Waals surface area (Å²) in [5, 5.41) is 0. The van der Waals surface area contributed by atoms with Gasteiger partial charge in [0, 0.05) is 6.42 Å². The zero-order valence-electron chi connectivity index (χ0n) is 7.66. The maximum atomic E-state index is 11.1. The van der Waals surface area contributed by atoms with Gasteiger partial charge in [-0.15, -0.1) is 0 Å². The van der Waals surface area contributed by atoms with Crippen LogP contribution in [0.3, 0.4) is 0 Å². The largest absolute Gasteiger partial charge is 0.497 e. The molecule has 0 spiro atoms. The lowest BCUT2D eigenvalue weighted by molar-refractivity contribution is -0.147. The highest BCUT2D eigenvalue weighted by molar-refractivity contribution is 5.80. The van der Waals surface area contributed by atoms with Crippen molar-refractivity contribution in [3.05, 3.63) is 12.3 Å². The molecule has 0 amide bonds. The van der Waals surface area contributed by atoms with Crippen LogP contribution < -0.4 is 0 Å². The van der Waals surface area contributed by atoms with Gasteiger partial charge in [0.2, 0.25) is 0 Å². The highest BCUT2D eigenvalue weighted by Gasteiger charge is 2.59. The first-order chi connectivity index (χ1) is 5.65. The first-order valence-corrected chi connectivity index (χ1v) is 4.00. The van der Waals surface area contributed by atoms with Gasteiger partial charge in [-0.25, -0.2) is 0 Å². The summed E-state index contributed by atoms with van der Waals surface area (Å²) in [6.45, 7) is 3.73. The normalized spacial score (nSPS) is 33.4. The monoisotopic (exact) mass is 170 g/mol. The molecule has 0 heterocycles. The molecule has 3 nitrogen and oxygen atoms in total. The Morgan fingerprint density at radius 2 is 2.33 bits per heavy atom. The number of carbonyl (C=O) groups is 1. The number of hydrogen-bond donors (Lipinski definition) is 0. The van der Waals surface area contributed by atoms with E-state index in [9.17, 15) is 4.79 Å². The van der Waals surface area contributed by atoms with Crippen molar-refractivity contribution in [2.24, 2.45) is 5.41 Å². The van der Waals surface area contributed by atoms with Crippen LogP contribution in [0.5, 0.6) is 0 Å². The van der Waals surface area contributed by atoms with Crippen molar-refractivity contribution < 1.29 is 14.3 Å². The third kappa shape index (κ3) is 1.44. The van der Waals surface area contributed by atoms with Crippen molar-refractivity contribution in [2.45, 2.75) is 26.4 Å². The van der Waals surface area contributed by atoms with Gasteiger partial charge >= 0.3 is 5.97 Å². The van der Waals surface area contributed by atoms with Crippen molar-refractivity contribution >= 4 is 5.97 Å². The summed E-state index contributed by atoms with van der Waals surface area (Å²) in [5.41, 5.74) is -0.408. The third-order valence-electron chi connectivity index (χ3n) is 2.19. The van der Waals surface area contributed by atoms with Crippen LogP contribution in [0.4, 0.5) is 0 Å². The van der Waals surface area contributed by atoms with E-state index in [0.29, 0.717) is 0 Å². The predicted molar refractivity (Wildman–Crippen MR) is 44.4 cm³/mol. The van der Waals surface area contributed by atoms with Gasteiger partial charge in [-0.3, -0.25) is 4.79 Å². The molecular formula is C9H14O3. The van der Waals surface area contributed by atoms with E-state index in [1.165, 1.54) is 7.11 Å². The number of carbonyl (C=O) groups excluding carboxylic acids is 1. The number of esters is 1. The van der Waals surface area contributed by atoms with Crippen molar-refractivity contribution in [3.8, 4) is 0 Å². The number of hydrogen-bond acceptors (Lipinski definition) is 3. The molecule has 12 heavy (non-hydrogen) atoms. The zero-order chi connectivity index (χ0) is 9.19. The number of methoxy groups -OCH3 is 1. The van der Waals surface area contributed by atoms with E-state index >= 15 is 0 Å². The van der Waals surface area contributed by atoms with Gasteiger partial charge in [-0.1, -0.05) is 6.08 Å². The standard InChI is InChI=1S/C9H14O3/c1-4-5-12-7-6-9(7,2)8(10)11-3/h4-5,7H,6H2,1-3H3/b5-4+/t7-,9+/m0/s1. The van der Waals surface area contributed by atoms with Crippen LogP contribution in [0.25, 0.3) is 0 Å². The molecule has 3 heteroatoms. The highest BCUT2D eigenvalue weighted by atomic mass is 16.5. The Balaban J connectivity index is 2.42. The summed E-state index contributed by atoms with van der Waals surface area (Å²) >= 11 is 0. The summed E-state index contributed by atoms with van der Waals surface area (Å²) < 4.78 is 9.90. The first-order valence-electron chi connectivity index (χ1n) is 4.00. The molecular weight excluding hydrogens is 156 g/mol. The Morgan fingerprint density at radius 3 is 2.83 bits per heavy atom. The van der Waals surface area contributed by atoms with Crippen LogP contribution >= 0.6 is 0 Å². The molecule has 2 atom stereocenters. The van der Waals surface area contributed by atoms with Gasteiger partial charge in [0.1, 0.15) is 11.5 Å². The quantitative estimate of drug-likeness (QED) is 0.475. The summed E-state index contributed by atoms with van der Waals surface area (Å²) in [5.74, 6) is -0.183. The average Bonchev–Trinajstić information content (AvgIpc) is 2.74. The fourth-order valence-corrected chi connectivity index (χ4v) is 1.15. The van der Waals surface area contributed by atoms with Crippen LogP contribution in [0.2, 0.25) is 0 Å². The number of ether oxygens (including phenoxy) is 2. The maximum absolute atomic E-state index is 11.1. The topological polar surface area (TPSA) is 35.5 Å². The van der Waals surface area contributed by atoms with E-state index in [4.69, 9.17) is 4.74 Å². The molecule has 0 N–H and O–H groups in total. The molecule has 1 saturated carbocycles. The molecule has 0 unspecified atom stereocenters. The predicted octanol–water partition coefficient (Wildman–Crippen LogP) is 1.49. The molecule has 1 fully saturated rings. The van der Waals surface area contributed by atoms with Crippen LogP contribution in [0, 0.1) is 5.41 Å². The molecule has 0 aromatic heterocycles. The van der Waals surface area contributed by atoms with Crippen LogP contribution in [0.15, 0.2) is 12.3 Å². The van der Waals surface area contributed by atoms with Crippen LogP contribution in [-0.4, -0.2) is 19.2 Å². The van der Waals surface area contributed by atoms with Gasteiger partial charge in [0.15, 0.2) is 0 Å². The van der Waals surface area contributed by atoms with Gasteiger partial charge in [-0.2, -0.15) is 0 Å².